The molecule has 5 atom stereocenters. The normalized spacial score (nSPS) is 15.0. The number of esters is 2. The molecular weight excluding hydrogens is 2010 g/mol. The molecule has 0 bridgehead atoms. The van der Waals surface area contributed by atoms with Crippen LogP contribution in [0.25, 0.3) is 0 Å². The third-order valence-electron chi connectivity index (χ3n) is 18.5. The summed E-state index contributed by atoms with van der Waals surface area (Å²) in [6.45, 7) is 92.9. The van der Waals surface area contributed by atoms with Crippen LogP contribution in [0, 0.1) is 27.1 Å². The van der Waals surface area contributed by atoms with Crippen molar-refractivity contribution in [3.8, 4) is 0 Å². The van der Waals surface area contributed by atoms with Crippen molar-refractivity contribution in [3.63, 3.8) is 0 Å². The number of aliphatic carboxylic acids is 1. The van der Waals surface area contributed by atoms with Gasteiger partial charge in [-0.1, -0.05) is 104 Å². The highest BCUT2D eigenvalue weighted by molar-refractivity contribution is 8.26. The molecule has 0 saturated carbocycles. The summed E-state index contributed by atoms with van der Waals surface area (Å²) in [4.78, 5) is 92.6. The maximum Gasteiger partial charge on any atom is 0.350 e. The van der Waals surface area contributed by atoms with Gasteiger partial charge in [0.05, 0.1) is 79.3 Å². The minimum absolute atomic E-state index is 0.0485. The Balaban J connectivity index is -0.000000437. The van der Waals surface area contributed by atoms with Crippen molar-refractivity contribution in [2.45, 2.75) is 456 Å². The van der Waals surface area contributed by atoms with Gasteiger partial charge in [-0.3, -0.25) is 56.6 Å². The molecule has 0 aliphatic rings. The molecule has 0 aromatic rings. The molecule has 0 spiro atoms. The fraction of sp³-hybridized carbons (Fsp3) is 0.946. The number of rotatable bonds is 53. The number of hydrogen-bond donors (Lipinski definition) is 3. The van der Waals surface area contributed by atoms with E-state index in [4.69, 9.17) is 117 Å². The average molecular weight is 2210 g/mol. The molecule has 3 N–H and O–H groups in total. The van der Waals surface area contributed by atoms with E-state index in [0.29, 0.717) is 12.8 Å². The van der Waals surface area contributed by atoms with E-state index in [2.05, 4.69) is 21.4 Å². The molecule has 139 heavy (non-hydrogen) atoms. The number of carboxylic acid groups (broad SMARTS) is 1. The molecular formula is C93H194Cl4N5O31P5S. The SMILES string of the molecule is CCOP(=O)(OCC)C(N(OC(C)(C)C(=O)Cl)C(C)(C)C)C(C)(C)C.CCOP(=O)(OCC)C(N(OC(C)(C)C(=O)Cl)C(C)(C)C)C(C)(C)C.CCOP(=O)(OCC)C(N(OC(C)(C)C(=O)O)C(C)(C)C)C(C)(C)C.CCOP(=O)(OCC)C(N(OC(C)(C)C(=O)OCCCCOC(=O)C(C)(C)ON(C(C(C)(C)C)P(=O)(OCC)OCC)C(C)(C)C)C(C)(C)C)C(C)(C)C.O=S(Cl)Cl.OCCCCO. The van der Waals surface area contributed by atoms with Crippen molar-refractivity contribution in [1.29, 1.82) is 0 Å². The van der Waals surface area contributed by atoms with Crippen LogP contribution >= 0.6 is 82.5 Å². The zero-order valence-electron chi connectivity index (χ0n) is 94.8. The van der Waals surface area contributed by atoms with Crippen LogP contribution in [-0.2, 0) is 135 Å². The number of aliphatic hydroxyl groups excluding tert-OH is 2. The Morgan fingerprint density at radius 2 is 0.410 bits per heavy atom. The summed E-state index contributed by atoms with van der Waals surface area (Å²) in [6.07, 6.45) is 2.24. The Morgan fingerprint density at radius 1 is 0.273 bits per heavy atom. The molecule has 0 rings (SSSR count). The van der Waals surface area contributed by atoms with E-state index < -0.39 is 187 Å². The lowest BCUT2D eigenvalue weighted by Gasteiger charge is -2.49. The Morgan fingerprint density at radius 3 is 0.518 bits per heavy atom. The van der Waals surface area contributed by atoms with Crippen LogP contribution < -0.4 is 0 Å². The van der Waals surface area contributed by atoms with Gasteiger partial charge in [0.15, 0.2) is 28.0 Å². The third-order valence-corrected chi connectivity index (χ3v) is 33.5. The van der Waals surface area contributed by atoms with Crippen LogP contribution in [-0.4, -0.2) is 250 Å². The number of halogens is 4. The fourth-order valence-electron chi connectivity index (χ4n) is 12.8. The standard InChI is InChI=1S/C38H78N2O12P2.2C17H35ClNO5P.C17H36NO6P.C4H10O2.Cl2OS/c1-21-47-53(43,48-22-2)29(33(5,6)7)39(35(11,12)13)51-37(17,18)31(41)45-27-25-26-28-46-32(42)38(19,20)52-40(36(14,15)16)30(34(8,9)10)54(44,49-23-3)50-24-4;2*1-11-22-25(21,23-12-2)14(15(3,4)5)19(16(6,7)8)24-17(9,10)13(18)20;1-11-22-25(21,23-12-2)13(15(3,4)5)18(16(6,7)8)24-17(9,10)14(19)20;5-3-1-2-4-6;1-4(2)3/h29-30H,21-28H2,1-20H3;2*14H,11-12H2,1-10H3;13H,11-12H2,1-10H3,(H,19,20);5-6H,1-4H2;. The maximum atomic E-state index is 14.2. The zero-order chi connectivity index (χ0) is 112. The summed E-state index contributed by atoms with van der Waals surface area (Å²) >= 11 is 11.4. The van der Waals surface area contributed by atoms with Crippen LogP contribution in [0.5, 0.6) is 0 Å². The van der Waals surface area contributed by atoms with Crippen molar-refractivity contribution < 1.29 is 145 Å². The zero-order valence-corrected chi connectivity index (χ0v) is 103. The molecule has 0 heterocycles. The Labute approximate surface area is 861 Å². The second-order valence-corrected chi connectivity index (χ2v) is 58.9. The van der Waals surface area contributed by atoms with E-state index in [-0.39, 0.29) is 92.5 Å². The molecule has 46 heteroatoms. The molecule has 0 aromatic heterocycles. The van der Waals surface area contributed by atoms with E-state index in [1.165, 1.54) is 18.9 Å². The Hall–Kier alpha value is -0.670. The Bertz CT molecular complexity index is 3470. The molecule has 36 nitrogen and oxygen atoms in total. The first-order valence-corrected chi connectivity index (χ1v) is 59.4. The summed E-state index contributed by atoms with van der Waals surface area (Å²) in [5, 5.41) is 32.1. The maximum absolute atomic E-state index is 14.2. The molecule has 5 unspecified atom stereocenters. The van der Waals surface area contributed by atoms with Gasteiger partial charge < -0.3 is 70.0 Å². The topological polar surface area (TPSA) is 422 Å². The van der Waals surface area contributed by atoms with Crippen LogP contribution in [0.1, 0.15) is 372 Å². The lowest BCUT2D eigenvalue weighted by Crippen LogP contribution is -2.57. The number of unbranched alkanes of at least 4 members (excludes halogenated alkanes) is 2. The average Bonchev–Trinajstić information content (AvgIpc) is 0.779. The van der Waals surface area contributed by atoms with E-state index >= 15 is 0 Å². The smallest absolute Gasteiger partial charge is 0.350 e. The second kappa shape index (κ2) is 62.3. The van der Waals surface area contributed by atoms with Crippen molar-refractivity contribution in [3.05, 3.63) is 0 Å². The van der Waals surface area contributed by atoms with E-state index in [1.807, 2.05) is 208 Å². The van der Waals surface area contributed by atoms with Gasteiger partial charge in [0.25, 0.3) is 10.5 Å². The third kappa shape index (κ3) is 53.7. The van der Waals surface area contributed by atoms with Crippen LogP contribution in [0.3, 0.4) is 0 Å². The number of hydrogen-bond acceptors (Lipinski definition) is 35. The van der Waals surface area contributed by atoms with Gasteiger partial charge in [0.1, 0.15) is 28.9 Å². The largest absolute Gasteiger partial charge is 0.479 e. The summed E-state index contributed by atoms with van der Waals surface area (Å²) in [5.41, 5.74) is -13.2. The van der Waals surface area contributed by atoms with Gasteiger partial charge in [-0.25, -0.2) is 18.6 Å². The quantitative estimate of drug-likeness (QED) is 0.0167. The summed E-state index contributed by atoms with van der Waals surface area (Å²) in [6, 6.07) is 0. The molecule has 0 fully saturated rings. The monoisotopic (exact) mass is 2200 g/mol. The number of carbonyl (C=O) groups excluding carboxylic acids is 4. The first kappa shape index (κ1) is 149. The number of aliphatic hydroxyl groups is 2. The van der Waals surface area contributed by atoms with Crippen LogP contribution in [0.4, 0.5) is 0 Å². The van der Waals surface area contributed by atoms with E-state index in [9.17, 15) is 51.9 Å². The minimum atomic E-state index is -3.74. The van der Waals surface area contributed by atoms with Gasteiger partial charge >= 0.3 is 55.9 Å². The lowest BCUT2D eigenvalue weighted by atomic mass is 9.94. The highest BCUT2D eigenvalue weighted by atomic mass is 36.0. The van der Waals surface area contributed by atoms with Gasteiger partial charge in [-0.05, 0) is 318 Å². The summed E-state index contributed by atoms with van der Waals surface area (Å²) in [7, 11) is -10.9. The van der Waals surface area contributed by atoms with Crippen LogP contribution in [0.15, 0.2) is 0 Å². The predicted octanol–water partition coefficient (Wildman–Crippen LogP) is 25.5. The molecule has 836 valence electrons. The van der Waals surface area contributed by atoms with Crippen molar-refractivity contribution in [1.82, 2.24) is 25.3 Å². The van der Waals surface area contributed by atoms with Gasteiger partial charge in [-0.2, -0.15) is 25.3 Å². The van der Waals surface area contributed by atoms with Gasteiger partial charge in [-0.15, -0.1) is 0 Å². The molecule has 0 aliphatic heterocycles. The molecule has 0 radical (unpaired) electrons. The molecule has 0 aromatic carbocycles. The molecule has 0 amide bonds. The van der Waals surface area contributed by atoms with Crippen LogP contribution in [0.2, 0.25) is 0 Å². The Kier molecular flexibility index (Phi) is 66.8. The summed E-state index contributed by atoms with van der Waals surface area (Å²) < 4.78 is 146. The van der Waals surface area contributed by atoms with Gasteiger partial charge in [0, 0.05) is 62.3 Å². The summed E-state index contributed by atoms with van der Waals surface area (Å²) in [5.74, 6) is -6.33. The van der Waals surface area contributed by atoms with Crippen molar-refractivity contribution >= 4 is 120 Å². The lowest BCUT2D eigenvalue weighted by molar-refractivity contribution is -0.292. The van der Waals surface area contributed by atoms with Crippen molar-refractivity contribution in [2.24, 2.45) is 27.1 Å². The first-order valence-electron chi connectivity index (χ1n) is 47.7. The fourth-order valence-corrected chi connectivity index (χ4v) is 26.2. The number of nitrogens with zero attached hydrogens (tertiary/aromatic N) is 5. The minimum Gasteiger partial charge on any atom is -0.479 e. The van der Waals surface area contributed by atoms with Gasteiger partial charge in [0.2, 0.25) is 9.23 Å². The molecule has 0 saturated heterocycles. The number of hydroxylamine groups is 10. The second-order valence-electron chi connectivity index (χ2n) is 45.2. The van der Waals surface area contributed by atoms with E-state index in [0.717, 1.165) is 12.8 Å². The first-order chi connectivity index (χ1) is 61.9. The number of ether oxygens (including phenoxy) is 2. The van der Waals surface area contributed by atoms with Crippen molar-refractivity contribution in [2.75, 3.05) is 92.5 Å². The molecule has 0 aliphatic carbocycles. The van der Waals surface area contributed by atoms with E-state index in [1.54, 1.807) is 145 Å². The highest BCUT2D eigenvalue weighted by Gasteiger charge is 2.60. The highest BCUT2D eigenvalue weighted by Crippen LogP contribution is 2.66. The predicted molar refractivity (Wildman–Crippen MR) is 558 cm³/mol. The number of carboxylic acids is 1. The number of carbonyl (C=O) groups is 5.